The van der Waals surface area contributed by atoms with Crippen molar-refractivity contribution in [3.05, 3.63) is 54.1 Å². The van der Waals surface area contributed by atoms with Crippen LogP contribution in [0.15, 0.2) is 48.5 Å². The lowest BCUT2D eigenvalue weighted by Gasteiger charge is -2.24. The van der Waals surface area contributed by atoms with E-state index in [1.54, 1.807) is 0 Å². The second-order valence-corrected chi connectivity index (χ2v) is 8.50. The summed E-state index contributed by atoms with van der Waals surface area (Å²) in [4.78, 5) is 15.4. The molecule has 4 rings (SSSR count). The lowest BCUT2D eigenvalue weighted by molar-refractivity contribution is -0.134. The first-order chi connectivity index (χ1) is 15.6. The molecule has 0 radical (unpaired) electrons. The molecule has 1 atom stereocenters. The number of tetrazole rings is 1. The van der Waals surface area contributed by atoms with Gasteiger partial charge < -0.3 is 4.90 Å². The standard InChI is InChI=1S/C25H32N6O/c1-4-7-12-22-26-25(5-2,6-3)24(32)31(22)17-18-13-15-19(16-14-18)20-10-8-9-11-21(20)23-27-29-30-28-23/h8-11,13-16,22,26H,4-7,12,17H2,1-3H3,(H,27,28,29,30). The van der Waals surface area contributed by atoms with Crippen molar-refractivity contribution >= 4 is 5.91 Å². The minimum absolute atomic E-state index is 0.0981. The third-order valence-corrected chi connectivity index (χ3v) is 6.66. The van der Waals surface area contributed by atoms with E-state index in [9.17, 15) is 4.79 Å². The largest absolute Gasteiger partial charge is 0.321 e. The number of carbonyl (C=O) groups is 1. The van der Waals surface area contributed by atoms with Crippen molar-refractivity contribution in [2.75, 3.05) is 0 Å². The minimum Gasteiger partial charge on any atom is -0.321 e. The minimum atomic E-state index is -0.429. The van der Waals surface area contributed by atoms with E-state index in [0.717, 1.165) is 54.4 Å². The number of hydrogen-bond acceptors (Lipinski definition) is 5. The van der Waals surface area contributed by atoms with Crippen LogP contribution in [0.25, 0.3) is 22.5 Å². The number of unbranched alkanes of at least 4 members (excludes halogenated alkanes) is 1. The Morgan fingerprint density at radius 3 is 2.34 bits per heavy atom. The molecule has 1 amide bonds. The van der Waals surface area contributed by atoms with Crippen molar-refractivity contribution in [1.29, 1.82) is 0 Å². The molecule has 1 aromatic heterocycles. The second-order valence-electron chi connectivity index (χ2n) is 8.50. The van der Waals surface area contributed by atoms with E-state index >= 15 is 0 Å². The van der Waals surface area contributed by atoms with Gasteiger partial charge in [-0.05, 0) is 41.2 Å². The molecule has 1 saturated heterocycles. The van der Waals surface area contributed by atoms with Crippen LogP contribution in [0.1, 0.15) is 58.4 Å². The summed E-state index contributed by atoms with van der Waals surface area (Å²) in [7, 11) is 0. The molecule has 3 aromatic rings. The smallest absolute Gasteiger partial charge is 0.244 e. The molecule has 1 aliphatic heterocycles. The second kappa shape index (κ2) is 9.61. The van der Waals surface area contributed by atoms with Gasteiger partial charge in [-0.25, -0.2) is 0 Å². The molecule has 2 heterocycles. The number of H-pyrrole nitrogens is 1. The first kappa shape index (κ1) is 22.1. The molecule has 1 unspecified atom stereocenters. The zero-order chi connectivity index (χ0) is 22.6. The Labute approximate surface area is 189 Å². The first-order valence-electron chi connectivity index (χ1n) is 11.6. The van der Waals surface area contributed by atoms with E-state index in [1.807, 2.05) is 23.1 Å². The van der Waals surface area contributed by atoms with Gasteiger partial charge in [0.2, 0.25) is 11.7 Å². The van der Waals surface area contributed by atoms with E-state index in [0.29, 0.717) is 12.4 Å². The van der Waals surface area contributed by atoms with Gasteiger partial charge in [0.15, 0.2) is 0 Å². The quantitative estimate of drug-likeness (QED) is 0.518. The summed E-state index contributed by atoms with van der Waals surface area (Å²) in [5, 5.41) is 18.1. The number of aromatic nitrogens is 4. The van der Waals surface area contributed by atoms with Crippen molar-refractivity contribution in [2.24, 2.45) is 0 Å². The third kappa shape index (κ3) is 4.17. The van der Waals surface area contributed by atoms with Gasteiger partial charge in [-0.3, -0.25) is 10.1 Å². The molecule has 0 bridgehead atoms. The van der Waals surface area contributed by atoms with Crippen LogP contribution in [0.5, 0.6) is 0 Å². The molecule has 168 valence electrons. The predicted molar refractivity (Wildman–Crippen MR) is 125 cm³/mol. The summed E-state index contributed by atoms with van der Waals surface area (Å²) >= 11 is 0. The molecule has 1 aliphatic rings. The van der Waals surface area contributed by atoms with Crippen molar-refractivity contribution < 1.29 is 4.79 Å². The summed E-state index contributed by atoms with van der Waals surface area (Å²) in [6.45, 7) is 7.02. The number of benzene rings is 2. The molecular weight excluding hydrogens is 400 g/mol. The number of amides is 1. The predicted octanol–water partition coefficient (Wildman–Crippen LogP) is 4.54. The maximum Gasteiger partial charge on any atom is 0.244 e. The first-order valence-corrected chi connectivity index (χ1v) is 11.6. The average Bonchev–Trinajstić information content (AvgIpc) is 3.46. The van der Waals surface area contributed by atoms with Crippen LogP contribution in [0.3, 0.4) is 0 Å². The highest BCUT2D eigenvalue weighted by molar-refractivity contribution is 5.89. The van der Waals surface area contributed by atoms with Crippen molar-refractivity contribution in [1.82, 2.24) is 30.8 Å². The fourth-order valence-corrected chi connectivity index (χ4v) is 4.63. The molecule has 0 spiro atoms. The van der Waals surface area contributed by atoms with E-state index in [1.165, 1.54) is 0 Å². The van der Waals surface area contributed by atoms with Crippen LogP contribution < -0.4 is 5.32 Å². The topological polar surface area (TPSA) is 86.8 Å². The van der Waals surface area contributed by atoms with Crippen LogP contribution in [0.4, 0.5) is 0 Å². The molecule has 2 N–H and O–H groups in total. The molecule has 7 nitrogen and oxygen atoms in total. The highest BCUT2D eigenvalue weighted by Crippen LogP contribution is 2.32. The number of carbonyl (C=O) groups excluding carboxylic acids is 1. The lowest BCUT2D eigenvalue weighted by Crippen LogP contribution is -2.46. The molecule has 1 fully saturated rings. The normalized spacial score (nSPS) is 17.8. The fraction of sp³-hybridized carbons (Fsp3) is 0.440. The maximum absolute atomic E-state index is 13.4. The Bertz CT molecular complexity index is 1030. The summed E-state index contributed by atoms with van der Waals surface area (Å²) in [6, 6.07) is 16.5. The van der Waals surface area contributed by atoms with Crippen molar-refractivity contribution in [3.8, 4) is 22.5 Å². The average molecular weight is 433 g/mol. The van der Waals surface area contributed by atoms with Gasteiger partial charge in [-0.2, -0.15) is 5.21 Å². The van der Waals surface area contributed by atoms with Gasteiger partial charge in [0.1, 0.15) is 0 Å². The van der Waals surface area contributed by atoms with Gasteiger partial charge in [0, 0.05) is 12.1 Å². The van der Waals surface area contributed by atoms with Crippen LogP contribution in [-0.2, 0) is 11.3 Å². The Morgan fingerprint density at radius 2 is 1.72 bits per heavy atom. The number of nitrogens with zero attached hydrogens (tertiary/aromatic N) is 4. The van der Waals surface area contributed by atoms with Gasteiger partial charge in [-0.15, -0.1) is 10.2 Å². The van der Waals surface area contributed by atoms with Crippen LogP contribution >= 0.6 is 0 Å². The van der Waals surface area contributed by atoms with Gasteiger partial charge in [-0.1, -0.05) is 82.1 Å². The van der Waals surface area contributed by atoms with Gasteiger partial charge in [0.05, 0.1) is 11.7 Å². The number of hydrogen-bond donors (Lipinski definition) is 2. The summed E-state index contributed by atoms with van der Waals surface area (Å²) in [5.74, 6) is 0.808. The number of nitrogens with one attached hydrogen (secondary N) is 2. The number of aromatic amines is 1. The molecular formula is C25H32N6O. The van der Waals surface area contributed by atoms with E-state index in [4.69, 9.17) is 0 Å². The van der Waals surface area contributed by atoms with Crippen LogP contribution in [-0.4, -0.2) is 43.1 Å². The maximum atomic E-state index is 13.4. The van der Waals surface area contributed by atoms with E-state index in [-0.39, 0.29) is 12.1 Å². The van der Waals surface area contributed by atoms with Gasteiger partial charge in [0.25, 0.3) is 0 Å². The SMILES string of the molecule is CCCCC1NC(CC)(CC)C(=O)N1Cc1ccc(-c2ccccc2-c2nn[nH]n2)cc1. The monoisotopic (exact) mass is 432 g/mol. The highest BCUT2D eigenvalue weighted by atomic mass is 16.2. The third-order valence-electron chi connectivity index (χ3n) is 6.66. The van der Waals surface area contributed by atoms with Crippen LogP contribution in [0, 0.1) is 0 Å². The lowest BCUT2D eigenvalue weighted by atomic mass is 9.93. The Morgan fingerprint density at radius 1 is 1.00 bits per heavy atom. The Balaban J connectivity index is 1.57. The Kier molecular flexibility index (Phi) is 6.65. The summed E-state index contributed by atoms with van der Waals surface area (Å²) in [6.07, 6.45) is 4.94. The molecule has 32 heavy (non-hydrogen) atoms. The van der Waals surface area contributed by atoms with E-state index < -0.39 is 5.54 Å². The zero-order valence-electron chi connectivity index (χ0n) is 19.1. The zero-order valence-corrected chi connectivity index (χ0v) is 19.1. The van der Waals surface area contributed by atoms with Crippen molar-refractivity contribution in [2.45, 2.75) is 71.1 Å². The van der Waals surface area contributed by atoms with Crippen LogP contribution in [0.2, 0.25) is 0 Å². The molecule has 0 saturated carbocycles. The number of rotatable bonds is 9. The van der Waals surface area contributed by atoms with E-state index in [2.05, 4.69) is 77.0 Å². The van der Waals surface area contributed by atoms with Gasteiger partial charge >= 0.3 is 0 Å². The van der Waals surface area contributed by atoms with Crippen molar-refractivity contribution in [3.63, 3.8) is 0 Å². The summed E-state index contributed by atoms with van der Waals surface area (Å²) in [5.41, 5.74) is 3.77. The molecule has 0 aliphatic carbocycles. The molecule has 2 aromatic carbocycles. The molecule has 7 heteroatoms. The highest BCUT2D eigenvalue weighted by Gasteiger charge is 2.48. The fourth-order valence-electron chi connectivity index (χ4n) is 4.63. The Hall–Kier alpha value is -3.06. The summed E-state index contributed by atoms with van der Waals surface area (Å²) < 4.78 is 0.